The normalized spacial score (nSPS) is 15.4. The molecule has 0 saturated carbocycles. The molecular weight excluding hydrogens is 254 g/mol. The molecule has 1 aromatic rings. The number of benzene rings is 1. The highest BCUT2D eigenvalue weighted by atomic mass is 16.2. The molecule has 1 heterocycles. The molecule has 0 atom stereocenters. The molecule has 108 valence electrons. The van der Waals surface area contributed by atoms with E-state index in [0.29, 0.717) is 18.7 Å². The first-order valence-corrected chi connectivity index (χ1v) is 6.90. The van der Waals surface area contributed by atoms with Gasteiger partial charge in [-0.2, -0.15) is 0 Å². The fourth-order valence-electron chi connectivity index (χ4n) is 2.32. The van der Waals surface area contributed by atoms with Gasteiger partial charge >= 0.3 is 0 Å². The highest BCUT2D eigenvalue weighted by Gasteiger charge is 2.26. The minimum absolute atomic E-state index is 0.00785. The first-order valence-electron chi connectivity index (χ1n) is 6.90. The monoisotopic (exact) mass is 275 g/mol. The summed E-state index contributed by atoms with van der Waals surface area (Å²) in [7, 11) is 1.76. The standard InChI is InChI=1S/C15H21N3O2/c1-4-16-12-5-6-13(11(2)9-12)15(20)18-8-7-17(3)14(19)10-18/h5-6,9,16H,4,7-8,10H2,1-3H3. The molecule has 0 aliphatic carbocycles. The third-order valence-electron chi connectivity index (χ3n) is 3.58. The summed E-state index contributed by atoms with van der Waals surface area (Å²) in [6, 6.07) is 5.70. The number of amides is 2. The van der Waals surface area contributed by atoms with Gasteiger partial charge in [-0.3, -0.25) is 9.59 Å². The minimum atomic E-state index is -0.0630. The van der Waals surface area contributed by atoms with Gasteiger partial charge in [0.1, 0.15) is 6.54 Å². The van der Waals surface area contributed by atoms with Gasteiger partial charge in [-0.05, 0) is 37.6 Å². The quantitative estimate of drug-likeness (QED) is 0.905. The molecule has 0 radical (unpaired) electrons. The largest absolute Gasteiger partial charge is 0.385 e. The first kappa shape index (κ1) is 14.4. The number of aryl methyl sites for hydroxylation is 1. The second-order valence-corrected chi connectivity index (χ2v) is 5.10. The Balaban J connectivity index is 2.15. The van der Waals surface area contributed by atoms with Crippen molar-refractivity contribution in [2.45, 2.75) is 13.8 Å². The number of hydrogen-bond donors (Lipinski definition) is 1. The summed E-state index contributed by atoms with van der Waals surface area (Å²) in [5.41, 5.74) is 2.61. The summed E-state index contributed by atoms with van der Waals surface area (Å²) < 4.78 is 0. The predicted octanol–water partition coefficient (Wildman–Crippen LogP) is 1.34. The van der Waals surface area contributed by atoms with Crippen molar-refractivity contribution in [3.8, 4) is 0 Å². The summed E-state index contributed by atoms with van der Waals surface area (Å²) >= 11 is 0. The lowest BCUT2D eigenvalue weighted by Gasteiger charge is -2.32. The zero-order valence-corrected chi connectivity index (χ0v) is 12.3. The Hall–Kier alpha value is -2.04. The van der Waals surface area contributed by atoms with Crippen LogP contribution >= 0.6 is 0 Å². The number of hydrogen-bond acceptors (Lipinski definition) is 3. The predicted molar refractivity (Wildman–Crippen MR) is 78.9 cm³/mol. The summed E-state index contributed by atoms with van der Waals surface area (Å²) in [5.74, 6) is -0.0708. The van der Waals surface area contributed by atoms with E-state index in [9.17, 15) is 9.59 Å². The number of carbonyl (C=O) groups excluding carboxylic acids is 2. The molecule has 1 aromatic carbocycles. The summed E-state index contributed by atoms with van der Waals surface area (Å²) in [6.45, 7) is 6.16. The summed E-state index contributed by atoms with van der Waals surface area (Å²) in [6.07, 6.45) is 0. The highest BCUT2D eigenvalue weighted by molar-refractivity contribution is 5.98. The molecule has 2 rings (SSSR count). The van der Waals surface area contributed by atoms with Crippen molar-refractivity contribution in [1.82, 2.24) is 9.80 Å². The molecule has 5 nitrogen and oxygen atoms in total. The molecule has 1 fully saturated rings. The summed E-state index contributed by atoms with van der Waals surface area (Å²) in [5, 5.41) is 3.22. The number of piperazine rings is 1. The molecule has 1 aliphatic heterocycles. The second kappa shape index (κ2) is 5.94. The maximum atomic E-state index is 12.5. The maximum Gasteiger partial charge on any atom is 0.254 e. The average Bonchev–Trinajstić information content (AvgIpc) is 2.42. The smallest absolute Gasteiger partial charge is 0.254 e. The van der Waals surface area contributed by atoms with Crippen LogP contribution in [0.2, 0.25) is 0 Å². The van der Waals surface area contributed by atoms with Gasteiger partial charge in [-0.1, -0.05) is 0 Å². The van der Waals surface area contributed by atoms with Crippen LogP contribution in [0.5, 0.6) is 0 Å². The Kier molecular flexibility index (Phi) is 4.27. The fourth-order valence-corrected chi connectivity index (χ4v) is 2.32. The van der Waals surface area contributed by atoms with E-state index in [0.717, 1.165) is 17.8 Å². The van der Waals surface area contributed by atoms with E-state index in [2.05, 4.69) is 5.32 Å². The topological polar surface area (TPSA) is 52.7 Å². The SMILES string of the molecule is CCNc1ccc(C(=O)N2CCN(C)C(=O)C2)c(C)c1. The Labute approximate surface area is 119 Å². The van der Waals surface area contributed by atoms with Crippen molar-refractivity contribution in [2.75, 3.05) is 38.5 Å². The number of anilines is 1. The number of carbonyl (C=O) groups is 2. The van der Waals surface area contributed by atoms with E-state index in [4.69, 9.17) is 0 Å². The zero-order chi connectivity index (χ0) is 14.7. The first-order chi connectivity index (χ1) is 9.52. The lowest BCUT2D eigenvalue weighted by atomic mass is 10.1. The Morgan fingerprint density at radius 1 is 1.35 bits per heavy atom. The average molecular weight is 275 g/mol. The van der Waals surface area contributed by atoms with Crippen LogP contribution in [0, 0.1) is 6.92 Å². The molecule has 5 heteroatoms. The molecule has 0 unspecified atom stereocenters. The van der Waals surface area contributed by atoms with E-state index in [-0.39, 0.29) is 18.4 Å². The number of nitrogens with one attached hydrogen (secondary N) is 1. The number of likely N-dealkylation sites (N-methyl/N-ethyl adjacent to an activating group) is 1. The molecule has 0 bridgehead atoms. The van der Waals surface area contributed by atoms with Gasteiger partial charge in [0.15, 0.2) is 0 Å². The molecule has 2 amide bonds. The van der Waals surface area contributed by atoms with Crippen molar-refractivity contribution >= 4 is 17.5 Å². The van der Waals surface area contributed by atoms with E-state index >= 15 is 0 Å². The maximum absolute atomic E-state index is 12.5. The number of nitrogens with zero attached hydrogens (tertiary/aromatic N) is 2. The van der Waals surface area contributed by atoms with Crippen LogP contribution in [0.3, 0.4) is 0 Å². The van der Waals surface area contributed by atoms with Crippen molar-refractivity contribution in [3.63, 3.8) is 0 Å². The molecule has 20 heavy (non-hydrogen) atoms. The van der Waals surface area contributed by atoms with E-state index in [1.165, 1.54) is 0 Å². The summed E-state index contributed by atoms with van der Waals surface area (Å²) in [4.78, 5) is 27.4. The van der Waals surface area contributed by atoms with Gasteiger partial charge in [0.2, 0.25) is 5.91 Å². The van der Waals surface area contributed by atoms with Crippen molar-refractivity contribution < 1.29 is 9.59 Å². The van der Waals surface area contributed by atoms with Crippen LogP contribution in [0.25, 0.3) is 0 Å². The van der Waals surface area contributed by atoms with E-state index < -0.39 is 0 Å². The van der Waals surface area contributed by atoms with Crippen LogP contribution in [-0.4, -0.2) is 54.8 Å². The lowest BCUT2D eigenvalue weighted by molar-refractivity contribution is -0.133. The van der Waals surface area contributed by atoms with Gasteiger partial charge in [0.05, 0.1) is 0 Å². The van der Waals surface area contributed by atoms with Gasteiger partial charge in [0, 0.05) is 37.9 Å². The van der Waals surface area contributed by atoms with Crippen LogP contribution < -0.4 is 5.32 Å². The molecule has 1 aliphatic rings. The van der Waals surface area contributed by atoms with Gasteiger partial charge in [-0.25, -0.2) is 0 Å². The van der Waals surface area contributed by atoms with Crippen LogP contribution in [0.4, 0.5) is 5.69 Å². The van der Waals surface area contributed by atoms with Crippen LogP contribution in [0.1, 0.15) is 22.8 Å². The molecule has 0 aromatic heterocycles. The highest BCUT2D eigenvalue weighted by Crippen LogP contribution is 2.17. The lowest BCUT2D eigenvalue weighted by Crippen LogP contribution is -2.50. The van der Waals surface area contributed by atoms with E-state index in [1.807, 2.05) is 32.0 Å². The zero-order valence-electron chi connectivity index (χ0n) is 12.3. The molecule has 1 saturated heterocycles. The van der Waals surface area contributed by atoms with Crippen LogP contribution in [-0.2, 0) is 4.79 Å². The van der Waals surface area contributed by atoms with Crippen molar-refractivity contribution in [1.29, 1.82) is 0 Å². The Bertz CT molecular complexity index is 528. The number of rotatable bonds is 3. The van der Waals surface area contributed by atoms with E-state index in [1.54, 1.807) is 16.8 Å². The van der Waals surface area contributed by atoms with Gasteiger partial charge < -0.3 is 15.1 Å². The van der Waals surface area contributed by atoms with Gasteiger partial charge in [0.25, 0.3) is 5.91 Å². The second-order valence-electron chi connectivity index (χ2n) is 5.10. The third-order valence-corrected chi connectivity index (χ3v) is 3.58. The third kappa shape index (κ3) is 2.92. The fraction of sp³-hybridized carbons (Fsp3) is 0.467. The van der Waals surface area contributed by atoms with Crippen molar-refractivity contribution in [2.24, 2.45) is 0 Å². The van der Waals surface area contributed by atoms with Crippen LogP contribution in [0.15, 0.2) is 18.2 Å². The molecular formula is C15H21N3O2. The van der Waals surface area contributed by atoms with Gasteiger partial charge in [-0.15, -0.1) is 0 Å². The Morgan fingerprint density at radius 3 is 2.70 bits per heavy atom. The van der Waals surface area contributed by atoms with Crippen molar-refractivity contribution in [3.05, 3.63) is 29.3 Å². The molecule has 0 spiro atoms. The molecule has 1 N–H and O–H groups in total. The minimum Gasteiger partial charge on any atom is -0.385 e. The Morgan fingerprint density at radius 2 is 2.10 bits per heavy atom.